The van der Waals surface area contributed by atoms with Gasteiger partial charge in [-0.25, -0.2) is 4.79 Å². The van der Waals surface area contributed by atoms with Crippen molar-refractivity contribution in [3.8, 4) is 0 Å². The SMILES string of the molecule is [N-]=[N+]=NC[C@H]1C[C@]2(O[C@H](COCc3ccccc3)[C@@H](OCc3ccccc3)[C@@H]2OCc2ccccc2)[C@@H](C(=O)O)O1. The Morgan fingerprint density at radius 3 is 2.02 bits per heavy atom. The number of ether oxygens (including phenoxy) is 5. The van der Waals surface area contributed by atoms with Crippen molar-refractivity contribution in [2.24, 2.45) is 5.11 Å². The third kappa shape index (κ3) is 6.94. The van der Waals surface area contributed by atoms with Crippen molar-refractivity contribution in [2.75, 3.05) is 13.2 Å². The standard InChI is InChI=1S/C31H33N3O7/c32-34-33-17-25-16-31(29(40-25)30(35)36)28(39-20-24-14-8-3-9-15-24)27(38-19-23-12-6-2-7-13-23)26(41-31)21-37-18-22-10-4-1-5-11-22/h1-15,25-29H,16-21H2,(H,35,36)/t25-,26-,27-,28+,29-,31-/m1/s1. The molecule has 2 saturated heterocycles. The summed E-state index contributed by atoms with van der Waals surface area (Å²) in [6.07, 6.45) is -3.99. The molecule has 3 aromatic carbocycles. The van der Waals surface area contributed by atoms with E-state index in [1.165, 1.54) is 0 Å². The van der Waals surface area contributed by atoms with Crippen LogP contribution in [0.2, 0.25) is 0 Å². The first-order chi connectivity index (χ1) is 20.1. The summed E-state index contributed by atoms with van der Waals surface area (Å²) in [4.78, 5) is 15.4. The topological polar surface area (TPSA) is 132 Å². The van der Waals surface area contributed by atoms with Gasteiger partial charge >= 0.3 is 5.97 Å². The fourth-order valence-electron chi connectivity index (χ4n) is 5.54. The molecule has 6 atom stereocenters. The number of rotatable bonds is 13. The normalized spacial score (nSPS) is 27.1. The van der Waals surface area contributed by atoms with E-state index in [4.69, 9.17) is 29.2 Å². The van der Waals surface area contributed by atoms with Crippen LogP contribution in [0.4, 0.5) is 0 Å². The van der Waals surface area contributed by atoms with Gasteiger partial charge in [0.05, 0.1) is 39.1 Å². The van der Waals surface area contributed by atoms with Gasteiger partial charge in [-0.1, -0.05) is 96.1 Å². The molecule has 214 valence electrons. The fraction of sp³-hybridized carbons (Fsp3) is 0.387. The molecule has 10 nitrogen and oxygen atoms in total. The molecule has 0 amide bonds. The van der Waals surface area contributed by atoms with Gasteiger partial charge in [-0.15, -0.1) is 0 Å². The quantitative estimate of drug-likeness (QED) is 0.176. The lowest BCUT2D eigenvalue weighted by atomic mass is 9.86. The van der Waals surface area contributed by atoms with Crippen molar-refractivity contribution in [3.05, 3.63) is 118 Å². The molecule has 0 unspecified atom stereocenters. The minimum atomic E-state index is -1.39. The lowest BCUT2D eigenvalue weighted by Gasteiger charge is -2.33. The van der Waals surface area contributed by atoms with Crippen molar-refractivity contribution in [1.29, 1.82) is 0 Å². The first kappa shape index (κ1) is 28.8. The maximum Gasteiger partial charge on any atom is 0.335 e. The molecule has 41 heavy (non-hydrogen) atoms. The first-order valence-electron chi connectivity index (χ1n) is 13.6. The summed E-state index contributed by atoms with van der Waals surface area (Å²) in [6.45, 7) is 0.960. The Morgan fingerprint density at radius 2 is 1.46 bits per heavy atom. The molecule has 0 aliphatic carbocycles. The number of hydrogen-bond donors (Lipinski definition) is 1. The van der Waals surface area contributed by atoms with Crippen LogP contribution in [0.15, 0.2) is 96.1 Å². The van der Waals surface area contributed by atoms with Gasteiger partial charge in [-0.2, -0.15) is 0 Å². The van der Waals surface area contributed by atoms with Gasteiger partial charge in [0.15, 0.2) is 6.10 Å². The molecule has 3 aromatic rings. The van der Waals surface area contributed by atoms with Crippen LogP contribution in [-0.4, -0.2) is 60.3 Å². The van der Waals surface area contributed by atoms with Crippen LogP contribution >= 0.6 is 0 Å². The lowest BCUT2D eigenvalue weighted by Crippen LogP contribution is -2.54. The third-order valence-electron chi connectivity index (χ3n) is 7.36. The molecule has 2 heterocycles. The second-order valence-corrected chi connectivity index (χ2v) is 10.2. The maximum atomic E-state index is 12.6. The molecule has 1 N–H and O–H groups in total. The summed E-state index contributed by atoms with van der Waals surface area (Å²) >= 11 is 0. The maximum absolute atomic E-state index is 12.6. The zero-order chi connectivity index (χ0) is 28.5. The van der Waals surface area contributed by atoms with Gasteiger partial charge in [0, 0.05) is 11.3 Å². The van der Waals surface area contributed by atoms with Crippen LogP contribution in [-0.2, 0) is 48.3 Å². The number of hydrogen-bond acceptors (Lipinski definition) is 7. The van der Waals surface area contributed by atoms with E-state index in [1.54, 1.807) is 0 Å². The van der Waals surface area contributed by atoms with Crippen LogP contribution in [0, 0.1) is 0 Å². The van der Waals surface area contributed by atoms with E-state index in [0.717, 1.165) is 16.7 Å². The van der Waals surface area contributed by atoms with E-state index in [2.05, 4.69) is 10.0 Å². The molecule has 2 fully saturated rings. The zero-order valence-corrected chi connectivity index (χ0v) is 22.5. The Hall–Kier alpha value is -3.76. The molecule has 0 radical (unpaired) electrons. The molecule has 0 saturated carbocycles. The Bertz CT molecular complexity index is 1310. The highest BCUT2D eigenvalue weighted by Crippen LogP contribution is 2.47. The van der Waals surface area contributed by atoms with E-state index in [1.807, 2.05) is 91.0 Å². The number of azide groups is 1. The summed E-state index contributed by atoms with van der Waals surface area (Å²) < 4.78 is 31.6. The predicted octanol–water partition coefficient (Wildman–Crippen LogP) is 5.06. The van der Waals surface area contributed by atoms with Crippen molar-refractivity contribution in [2.45, 2.75) is 62.4 Å². The van der Waals surface area contributed by atoms with Crippen LogP contribution < -0.4 is 0 Å². The van der Waals surface area contributed by atoms with Crippen LogP contribution in [0.5, 0.6) is 0 Å². The molecule has 10 heteroatoms. The van der Waals surface area contributed by atoms with E-state index < -0.39 is 42.1 Å². The predicted molar refractivity (Wildman–Crippen MR) is 149 cm³/mol. The summed E-state index contributed by atoms with van der Waals surface area (Å²) in [5.74, 6) is -1.19. The van der Waals surface area contributed by atoms with Crippen molar-refractivity contribution < 1.29 is 33.6 Å². The van der Waals surface area contributed by atoms with Crippen molar-refractivity contribution >= 4 is 5.97 Å². The Morgan fingerprint density at radius 1 is 0.902 bits per heavy atom. The number of carboxylic acids is 1. The van der Waals surface area contributed by atoms with Gasteiger partial charge in [0.1, 0.15) is 23.9 Å². The zero-order valence-electron chi connectivity index (χ0n) is 22.5. The Labute approximate surface area is 238 Å². The van der Waals surface area contributed by atoms with Crippen LogP contribution in [0.3, 0.4) is 0 Å². The third-order valence-corrected chi connectivity index (χ3v) is 7.36. The number of aliphatic carboxylic acids is 1. The number of benzene rings is 3. The van der Waals surface area contributed by atoms with Gasteiger partial charge in [0.2, 0.25) is 0 Å². The minimum Gasteiger partial charge on any atom is -0.479 e. The van der Waals surface area contributed by atoms with E-state index in [0.29, 0.717) is 6.61 Å². The van der Waals surface area contributed by atoms with Crippen LogP contribution in [0.25, 0.3) is 10.4 Å². The summed E-state index contributed by atoms with van der Waals surface area (Å²) in [5, 5.41) is 13.9. The molecule has 0 bridgehead atoms. The summed E-state index contributed by atoms with van der Waals surface area (Å²) in [7, 11) is 0. The molecular weight excluding hydrogens is 526 g/mol. The minimum absolute atomic E-state index is 0.0263. The van der Waals surface area contributed by atoms with Crippen LogP contribution in [0.1, 0.15) is 23.1 Å². The van der Waals surface area contributed by atoms with Crippen molar-refractivity contribution in [1.82, 2.24) is 0 Å². The highest BCUT2D eigenvalue weighted by atomic mass is 16.7. The number of carboxylic acid groups (broad SMARTS) is 1. The Balaban J connectivity index is 1.45. The molecule has 1 spiro atoms. The Kier molecular flexibility index (Phi) is 9.63. The lowest BCUT2D eigenvalue weighted by molar-refractivity contribution is -0.178. The molecule has 2 aliphatic heterocycles. The van der Waals surface area contributed by atoms with Gasteiger partial charge in [0.25, 0.3) is 0 Å². The van der Waals surface area contributed by atoms with Gasteiger partial charge in [-0.3, -0.25) is 0 Å². The summed E-state index contributed by atoms with van der Waals surface area (Å²) in [5.41, 5.74) is 10.4. The second kappa shape index (κ2) is 13.7. The second-order valence-electron chi connectivity index (χ2n) is 10.2. The number of nitrogens with zero attached hydrogens (tertiary/aromatic N) is 3. The van der Waals surface area contributed by atoms with Gasteiger partial charge < -0.3 is 28.8 Å². The number of carbonyl (C=O) groups is 1. The highest BCUT2D eigenvalue weighted by molar-refractivity contribution is 5.75. The molecule has 0 aromatic heterocycles. The van der Waals surface area contributed by atoms with Gasteiger partial charge in [-0.05, 0) is 22.2 Å². The van der Waals surface area contributed by atoms with E-state index in [9.17, 15) is 9.90 Å². The fourth-order valence-corrected chi connectivity index (χ4v) is 5.54. The van der Waals surface area contributed by atoms with Crippen molar-refractivity contribution in [3.63, 3.8) is 0 Å². The molecule has 5 rings (SSSR count). The average molecular weight is 560 g/mol. The largest absolute Gasteiger partial charge is 0.479 e. The van der Waals surface area contributed by atoms with E-state index >= 15 is 0 Å². The average Bonchev–Trinajstić information content (AvgIpc) is 3.52. The summed E-state index contributed by atoms with van der Waals surface area (Å²) in [6, 6.07) is 29.1. The highest BCUT2D eigenvalue weighted by Gasteiger charge is 2.66. The smallest absolute Gasteiger partial charge is 0.335 e. The monoisotopic (exact) mass is 559 g/mol. The van der Waals surface area contributed by atoms with E-state index in [-0.39, 0.29) is 32.8 Å². The first-order valence-corrected chi connectivity index (χ1v) is 13.6. The molecular formula is C31H33N3O7. The molecule has 2 aliphatic rings.